The molecule has 8 N–H and O–H groups in total. The minimum absolute atomic E-state index is 0.0544. The fraction of sp³-hybridized carbons (Fsp3) is 0.464. The van der Waals surface area contributed by atoms with E-state index in [-0.39, 0.29) is 37.5 Å². The number of halogens is 1. The molecule has 15 nitrogen and oxygen atoms in total. The van der Waals surface area contributed by atoms with Gasteiger partial charge in [-0.25, -0.2) is 0 Å². The Bertz CT molecular complexity index is 1560. The number of hydrogen-bond acceptors (Lipinski definition) is 15. The normalized spacial score (nSPS) is 32.5. The topological polar surface area (TPSA) is 238 Å². The van der Waals surface area contributed by atoms with Crippen molar-refractivity contribution in [2.75, 3.05) is 13.7 Å². The Balaban J connectivity index is 1.40. The van der Waals surface area contributed by atoms with Crippen LogP contribution in [0, 0.1) is 3.57 Å². The van der Waals surface area contributed by atoms with Crippen molar-refractivity contribution >= 4 is 33.6 Å². The number of aromatic hydroxyl groups is 2. The van der Waals surface area contributed by atoms with Gasteiger partial charge in [-0.2, -0.15) is 0 Å². The fourth-order valence-corrected chi connectivity index (χ4v) is 5.61. The molecule has 10 atom stereocenters. The molecule has 3 heterocycles. The number of fused-ring (bicyclic) bond motifs is 1. The van der Waals surface area contributed by atoms with Crippen molar-refractivity contribution in [1.82, 2.24) is 0 Å². The standard InChI is InChI=1S/C28H31IO15/c1-9-20(33)22(35)24(37)27(41-9)40-8-17-21(34)23(36)25(38)28(44-17)43-16-7-13(32)18-12(31)6-15(42-26(18)19(16)29)10-3-4-14(39-2)11(30)5-10/h3-7,9,17,20-25,27-28,30,32-38H,8H2,1-2H3/t9-,17+,20-,21+,22+,23-,24+,25+,27+,28+/m0/s1. The smallest absolute Gasteiger partial charge is 0.229 e. The molecule has 0 bridgehead atoms. The Hall–Kier alpha value is -2.78. The average Bonchev–Trinajstić information content (AvgIpc) is 2.99. The minimum atomic E-state index is -1.79. The number of phenols is 2. The van der Waals surface area contributed by atoms with E-state index in [4.69, 9.17) is 28.1 Å². The maximum absolute atomic E-state index is 13.0. The third kappa shape index (κ3) is 6.06. The Morgan fingerprint density at radius 1 is 0.818 bits per heavy atom. The highest BCUT2D eigenvalue weighted by atomic mass is 127. The molecule has 0 spiro atoms. The summed E-state index contributed by atoms with van der Waals surface area (Å²) in [5.41, 5.74) is -0.344. The van der Waals surface area contributed by atoms with E-state index in [9.17, 15) is 45.6 Å². The van der Waals surface area contributed by atoms with Gasteiger partial charge in [-0.15, -0.1) is 0 Å². The van der Waals surface area contributed by atoms with E-state index in [1.54, 1.807) is 28.7 Å². The number of benzene rings is 2. The van der Waals surface area contributed by atoms with Gasteiger partial charge in [0.2, 0.25) is 6.29 Å². The lowest BCUT2D eigenvalue weighted by Gasteiger charge is -2.42. The highest BCUT2D eigenvalue weighted by Crippen LogP contribution is 2.39. The summed E-state index contributed by atoms with van der Waals surface area (Å²) in [5, 5.41) is 82.5. The highest BCUT2D eigenvalue weighted by Gasteiger charge is 2.47. The van der Waals surface area contributed by atoms with Gasteiger partial charge in [0.1, 0.15) is 65.4 Å². The van der Waals surface area contributed by atoms with E-state index >= 15 is 0 Å². The summed E-state index contributed by atoms with van der Waals surface area (Å²) in [5.74, 6) is -0.568. The quantitative estimate of drug-likeness (QED) is 0.143. The van der Waals surface area contributed by atoms with Gasteiger partial charge in [-0.1, -0.05) is 0 Å². The zero-order chi connectivity index (χ0) is 32.0. The summed E-state index contributed by atoms with van der Waals surface area (Å²) in [4.78, 5) is 13.0. The van der Waals surface area contributed by atoms with Crippen LogP contribution in [0.4, 0.5) is 0 Å². The van der Waals surface area contributed by atoms with Gasteiger partial charge >= 0.3 is 0 Å². The Morgan fingerprint density at radius 3 is 2.18 bits per heavy atom. The van der Waals surface area contributed by atoms with Crippen molar-refractivity contribution < 1.29 is 69.0 Å². The lowest BCUT2D eigenvalue weighted by Crippen LogP contribution is -2.61. The Kier molecular flexibility index (Phi) is 9.57. The maximum Gasteiger partial charge on any atom is 0.229 e. The van der Waals surface area contributed by atoms with Crippen molar-refractivity contribution in [3.8, 4) is 34.3 Å². The van der Waals surface area contributed by atoms with Gasteiger partial charge in [-0.3, -0.25) is 4.79 Å². The van der Waals surface area contributed by atoms with Gasteiger partial charge in [-0.05, 0) is 47.7 Å². The summed E-state index contributed by atoms with van der Waals surface area (Å²) < 4.78 is 33.5. The van der Waals surface area contributed by atoms with Crippen molar-refractivity contribution in [3.05, 3.63) is 44.1 Å². The first-order chi connectivity index (χ1) is 20.8. The molecule has 5 rings (SSSR count). The third-order valence-electron chi connectivity index (χ3n) is 7.50. The van der Waals surface area contributed by atoms with Gasteiger partial charge in [0, 0.05) is 17.7 Å². The first kappa shape index (κ1) is 32.6. The first-order valence-electron chi connectivity index (χ1n) is 13.4. The SMILES string of the molecule is COc1ccc(-c2cc(=O)c3c(O)cc(O[C@@H]4O[C@H](CO[C@@H]5O[C@@H](C)[C@H](O)[C@@H](O)[C@H]5O)[C@@H](O)[C@H](O)[C@H]4O)c(I)c3o2)cc1O. The first-order valence-corrected chi connectivity index (χ1v) is 14.4. The van der Waals surface area contributed by atoms with Crippen LogP contribution in [0.5, 0.6) is 23.0 Å². The van der Waals surface area contributed by atoms with Crippen LogP contribution >= 0.6 is 22.6 Å². The molecule has 0 radical (unpaired) electrons. The second-order valence-corrected chi connectivity index (χ2v) is 11.5. The minimum Gasteiger partial charge on any atom is -0.507 e. The fourth-order valence-electron chi connectivity index (χ4n) is 4.95. The van der Waals surface area contributed by atoms with Crippen LogP contribution in [0.3, 0.4) is 0 Å². The van der Waals surface area contributed by atoms with Crippen molar-refractivity contribution in [2.24, 2.45) is 0 Å². The molecule has 1 aromatic heterocycles. The lowest BCUT2D eigenvalue weighted by molar-refractivity contribution is -0.318. The second kappa shape index (κ2) is 12.9. The summed E-state index contributed by atoms with van der Waals surface area (Å²) in [7, 11) is 1.38. The van der Waals surface area contributed by atoms with Crippen LogP contribution < -0.4 is 14.9 Å². The van der Waals surface area contributed by atoms with E-state index < -0.39 is 79.2 Å². The van der Waals surface area contributed by atoms with Gasteiger partial charge in [0.25, 0.3) is 0 Å². The number of aliphatic hydroxyl groups excluding tert-OH is 6. The van der Waals surface area contributed by atoms with Crippen LogP contribution in [0.2, 0.25) is 0 Å². The number of hydrogen-bond donors (Lipinski definition) is 8. The second-order valence-electron chi connectivity index (χ2n) is 10.4. The van der Waals surface area contributed by atoms with Gasteiger partial charge < -0.3 is 69.0 Å². The number of ether oxygens (including phenoxy) is 5. The van der Waals surface area contributed by atoms with Crippen molar-refractivity contribution in [3.63, 3.8) is 0 Å². The van der Waals surface area contributed by atoms with Gasteiger partial charge in [0.15, 0.2) is 28.8 Å². The molecular formula is C28H31IO15. The molecule has 2 fully saturated rings. The molecule has 2 saturated heterocycles. The third-order valence-corrected chi connectivity index (χ3v) is 8.52. The monoisotopic (exact) mass is 734 g/mol. The molecule has 44 heavy (non-hydrogen) atoms. The van der Waals surface area contributed by atoms with Crippen LogP contribution in [0.25, 0.3) is 22.3 Å². The number of phenolic OH excluding ortho intramolecular Hbond substituents is 2. The number of methoxy groups -OCH3 is 1. The maximum atomic E-state index is 13.0. The molecule has 0 unspecified atom stereocenters. The summed E-state index contributed by atoms with van der Waals surface area (Å²) in [6, 6.07) is 6.60. The zero-order valence-electron chi connectivity index (χ0n) is 23.2. The van der Waals surface area contributed by atoms with E-state index in [0.29, 0.717) is 5.56 Å². The molecule has 2 aliphatic rings. The number of aliphatic hydroxyl groups is 6. The van der Waals surface area contributed by atoms with Crippen molar-refractivity contribution in [1.29, 1.82) is 0 Å². The van der Waals surface area contributed by atoms with Crippen LogP contribution in [-0.2, 0) is 14.2 Å². The summed E-state index contributed by atoms with van der Waals surface area (Å²) in [6.45, 7) is 0.952. The van der Waals surface area contributed by atoms with Crippen molar-refractivity contribution in [2.45, 2.75) is 68.3 Å². The lowest BCUT2D eigenvalue weighted by atomic mass is 9.98. The zero-order valence-corrected chi connectivity index (χ0v) is 25.3. The van der Waals surface area contributed by atoms with Crippen LogP contribution in [0.15, 0.2) is 39.5 Å². The predicted octanol–water partition coefficient (Wildman–Crippen LogP) is -0.485. The molecule has 0 aliphatic carbocycles. The van der Waals surface area contributed by atoms with Crippen LogP contribution in [0.1, 0.15) is 6.92 Å². The Morgan fingerprint density at radius 2 is 1.50 bits per heavy atom. The molecule has 2 aromatic carbocycles. The number of rotatable bonds is 7. The molecule has 0 amide bonds. The summed E-state index contributed by atoms with van der Waals surface area (Å²) in [6.07, 6.45) is -15.1. The average molecular weight is 734 g/mol. The van der Waals surface area contributed by atoms with Gasteiger partial charge in [0.05, 0.1) is 23.4 Å². The van der Waals surface area contributed by atoms with Crippen LogP contribution in [-0.4, -0.2) is 116 Å². The van der Waals surface area contributed by atoms with E-state index in [2.05, 4.69) is 0 Å². The highest BCUT2D eigenvalue weighted by molar-refractivity contribution is 14.1. The summed E-state index contributed by atoms with van der Waals surface area (Å²) >= 11 is 1.80. The van der Waals surface area contributed by atoms with E-state index in [0.717, 1.165) is 12.1 Å². The molecular weight excluding hydrogens is 703 g/mol. The molecule has 0 saturated carbocycles. The Labute approximate surface area is 262 Å². The van der Waals surface area contributed by atoms with E-state index in [1.807, 2.05) is 0 Å². The molecule has 2 aliphatic heterocycles. The molecule has 240 valence electrons. The molecule has 3 aromatic rings. The predicted molar refractivity (Wildman–Crippen MR) is 156 cm³/mol. The largest absolute Gasteiger partial charge is 0.507 e. The van der Waals surface area contributed by atoms with E-state index in [1.165, 1.54) is 26.2 Å². The molecule has 16 heteroatoms.